The summed E-state index contributed by atoms with van der Waals surface area (Å²) in [6.07, 6.45) is 5.35. The molecule has 0 aliphatic heterocycles. The van der Waals surface area contributed by atoms with Crippen LogP contribution in [0.4, 0.5) is 0 Å². The largest absolute Gasteiger partial charge is 0.356 e. The highest BCUT2D eigenvalue weighted by Gasteiger charge is 2.42. The van der Waals surface area contributed by atoms with Crippen molar-refractivity contribution >= 4 is 24.4 Å². The average Bonchev–Trinajstić information content (AvgIpc) is 3.15. The normalized spacial score (nSPS) is 20.8. The fourth-order valence-electron chi connectivity index (χ4n) is 1.81. The Labute approximate surface area is 107 Å². The molecule has 5 heteroatoms. The van der Waals surface area contributed by atoms with Crippen molar-refractivity contribution in [1.29, 1.82) is 0 Å². The number of amides is 2. The third-order valence-electron chi connectivity index (χ3n) is 3.44. The minimum atomic E-state index is 0.0446. The van der Waals surface area contributed by atoms with Crippen LogP contribution in [0.25, 0.3) is 0 Å². The molecule has 4 nitrogen and oxygen atoms in total. The molecule has 0 radical (unpaired) electrons. The summed E-state index contributed by atoms with van der Waals surface area (Å²) in [5, 5.41) is 5.70. The lowest BCUT2D eigenvalue weighted by atomic mass is 10.1. The van der Waals surface area contributed by atoms with Crippen LogP contribution in [0.3, 0.4) is 0 Å². The maximum atomic E-state index is 11.6. The topological polar surface area (TPSA) is 58.2 Å². The molecule has 2 rings (SSSR count). The van der Waals surface area contributed by atoms with Crippen molar-refractivity contribution in [2.24, 2.45) is 5.41 Å². The second-order valence-corrected chi connectivity index (χ2v) is 5.59. The van der Waals surface area contributed by atoms with Crippen LogP contribution in [0.1, 0.15) is 38.5 Å². The van der Waals surface area contributed by atoms with Gasteiger partial charge in [-0.3, -0.25) is 9.59 Å². The third kappa shape index (κ3) is 4.22. The van der Waals surface area contributed by atoms with E-state index in [9.17, 15) is 9.59 Å². The molecular weight excluding hydrogens is 236 g/mol. The van der Waals surface area contributed by atoms with E-state index < -0.39 is 0 Å². The Kier molecular flexibility index (Phi) is 3.97. The third-order valence-corrected chi connectivity index (χ3v) is 4.12. The van der Waals surface area contributed by atoms with Gasteiger partial charge in [0.25, 0.3) is 0 Å². The first-order valence-corrected chi connectivity index (χ1v) is 6.94. The molecular formula is C12H20N2O2S. The van der Waals surface area contributed by atoms with E-state index in [1.165, 1.54) is 0 Å². The van der Waals surface area contributed by atoms with Crippen molar-refractivity contribution < 1.29 is 9.59 Å². The van der Waals surface area contributed by atoms with E-state index in [0.29, 0.717) is 25.4 Å². The summed E-state index contributed by atoms with van der Waals surface area (Å²) in [4.78, 5) is 23.0. The van der Waals surface area contributed by atoms with Gasteiger partial charge in [-0.05, 0) is 36.9 Å². The van der Waals surface area contributed by atoms with Gasteiger partial charge in [-0.2, -0.15) is 12.6 Å². The Bertz CT molecular complexity index is 312. The highest BCUT2D eigenvalue weighted by molar-refractivity contribution is 7.80. The molecule has 0 atom stereocenters. The molecule has 0 aromatic heterocycles. The lowest BCUT2D eigenvalue weighted by Crippen LogP contribution is -2.32. The Balaban J connectivity index is 1.54. The second kappa shape index (κ2) is 5.29. The number of hydrogen-bond donors (Lipinski definition) is 3. The molecule has 0 bridgehead atoms. The second-order valence-electron chi connectivity index (χ2n) is 5.28. The van der Waals surface area contributed by atoms with Crippen LogP contribution >= 0.6 is 12.6 Å². The molecule has 0 heterocycles. The zero-order valence-corrected chi connectivity index (χ0v) is 10.9. The first-order chi connectivity index (χ1) is 8.13. The fraction of sp³-hybridized carbons (Fsp3) is 0.833. The highest BCUT2D eigenvalue weighted by atomic mass is 32.1. The van der Waals surface area contributed by atoms with E-state index in [1.807, 2.05) is 0 Å². The van der Waals surface area contributed by atoms with E-state index in [1.54, 1.807) is 0 Å². The molecule has 2 aliphatic rings. The van der Waals surface area contributed by atoms with Crippen LogP contribution in [0.2, 0.25) is 0 Å². The molecule has 2 amide bonds. The minimum absolute atomic E-state index is 0.0446. The molecule has 2 aliphatic carbocycles. The molecule has 2 fully saturated rings. The summed E-state index contributed by atoms with van der Waals surface area (Å²) < 4.78 is 0. The van der Waals surface area contributed by atoms with Crippen LogP contribution in [0.5, 0.6) is 0 Å². The molecule has 0 saturated heterocycles. The SMILES string of the molecule is O=C(CC1(CS)CC1)NCCC(=O)NC1CC1. The van der Waals surface area contributed by atoms with Crippen LogP contribution in [0, 0.1) is 5.41 Å². The summed E-state index contributed by atoms with van der Waals surface area (Å²) in [6.45, 7) is 0.444. The summed E-state index contributed by atoms with van der Waals surface area (Å²) in [5.74, 6) is 0.877. The van der Waals surface area contributed by atoms with Gasteiger partial charge in [0.1, 0.15) is 0 Å². The minimum Gasteiger partial charge on any atom is -0.356 e. The van der Waals surface area contributed by atoms with Crippen LogP contribution in [0.15, 0.2) is 0 Å². The predicted molar refractivity (Wildman–Crippen MR) is 68.9 cm³/mol. The summed E-state index contributed by atoms with van der Waals surface area (Å²) in [5.41, 5.74) is 0.156. The molecule has 96 valence electrons. The number of thiol groups is 1. The maximum Gasteiger partial charge on any atom is 0.221 e. The van der Waals surface area contributed by atoms with Gasteiger partial charge in [-0.15, -0.1) is 0 Å². The summed E-state index contributed by atoms with van der Waals surface area (Å²) >= 11 is 4.26. The van der Waals surface area contributed by atoms with E-state index in [0.717, 1.165) is 31.4 Å². The Morgan fingerprint density at radius 3 is 2.47 bits per heavy atom. The fourth-order valence-corrected chi connectivity index (χ4v) is 2.24. The number of hydrogen-bond acceptors (Lipinski definition) is 3. The van der Waals surface area contributed by atoms with Crippen LogP contribution < -0.4 is 10.6 Å². The predicted octanol–water partition coefficient (Wildman–Crippen LogP) is 0.871. The Morgan fingerprint density at radius 2 is 1.94 bits per heavy atom. The number of carbonyl (C=O) groups excluding carboxylic acids is 2. The number of carbonyl (C=O) groups is 2. The van der Waals surface area contributed by atoms with E-state index in [4.69, 9.17) is 0 Å². The first kappa shape index (κ1) is 12.7. The van der Waals surface area contributed by atoms with Crippen LogP contribution in [-0.2, 0) is 9.59 Å². The molecule has 0 spiro atoms. The van der Waals surface area contributed by atoms with Gasteiger partial charge in [0.05, 0.1) is 0 Å². The van der Waals surface area contributed by atoms with Crippen LogP contribution in [-0.4, -0.2) is 30.2 Å². The smallest absolute Gasteiger partial charge is 0.221 e. The van der Waals surface area contributed by atoms with Crippen molar-refractivity contribution in [3.05, 3.63) is 0 Å². The molecule has 17 heavy (non-hydrogen) atoms. The van der Waals surface area contributed by atoms with Gasteiger partial charge in [0.2, 0.25) is 11.8 Å². The zero-order chi connectivity index (χ0) is 12.3. The number of nitrogens with one attached hydrogen (secondary N) is 2. The van der Waals surface area contributed by atoms with Gasteiger partial charge >= 0.3 is 0 Å². The zero-order valence-electron chi connectivity index (χ0n) is 10.00. The summed E-state index contributed by atoms with van der Waals surface area (Å²) in [6, 6.07) is 0.400. The van der Waals surface area contributed by atoms with Crippen molar-refractivity contribution in [1.82, 2.24) is 10.6 Å². The van der Waals surface area contributed by atoms with Crippen molar-refractivity contribution in [2.45, 2.75) is 44.6 Å². The molecule has 0 aromatic carbocycles. The molecule has 2 saturated carbocycles. The van der Waals surface area contributed by atoms with Crippen molar-refractivity contribution in [2.75, 3.05) is 12.3 Å². The van der Waals surface area contributed by atoms with Crippen molar-refractivity contribution in [3.63, 3.8) is 0 Å². The van der Waals surface area contributed by atoms with Crippen molar-refractivity contribution in [3.8, 4) is 0 Å². The van der Waals surface area contributed by atoms with Gasteiger partial charge in [0, 0.05) is 25.4 Å². The Morgan fingerprint density at radius 1 is 1.24 bits per heavy atom. The standard InChI is InChI=1S/C12H20N2O2S/c15-10(14-9-1-2-9)3-6-13-11(16)7-12(8-17)4-5-12/h9,17H,1-8H2,(H,13,16)(H,14,15). The lowest BCUT2D eigenvalue weighted by molar-refractivity contribution is -0.123. The maximum absolute atomic E-state index is 11.6. The van der Waals surface area contributed by atoms with Gasteiger partial charge in [-0.1, -0.05) is 0 Å². The lowest BCUT2D eigenvalue weighted by Gasteiger charge is -2.11. The van der Waals surface area contributed by atoms with Gasteiger partial charge < -0.3 is 10.6 Å². The number of rotatable bonds is 7. The molecule has 2 N–H and O–H groups in total. The average molecular weight is 256 g/mol. The first-order valence-electron chi connectivity index (χ1n) is 6.30. The van der Waals surface area contributed by atoms with E-state index in [2.05, 4.69) is 23.3 Å². The van der Waals surface area contributed by atoms with E-state index >= 15 is 0 Å². The monoisotopic (exact) mass is 256 g/mol. The van der Waals surface area contributed by atoms with Gasteiger partial charge in [0.15, 0.2) is 0 Å². The van der Waals surface area contributed by atoms with E-state index in [-0.39, 0.29) is 17.2 Å². The molecule has 0 unspecified atom stereocenters. The quantitative estimate of drug-likeness (QED) is 0.592. The summed E-state index contributed by atoms with van der Waals surface area (Å²) in [7, 11) is 0. The highest BCUT2D eigenvalue weighted by Crippen LogP contribution is 2.49. The molecule has 0 aromatic rings. The van der Waals surface area contributed by atoms with Gasteiger partial charge in [-0.25, -0.2) is 0 Å². The Hall–Kier alpha value is -0.710.